The van der Waals surface area contributed by atoms with E-state index >= 15 is 0 Å². The molecule has 0 aromatic heterocycles. The second kappa shape index (κ2) is 14.6. The quantitative estimate of drug-likeness (QED) is 0.188. The minimum absolute atomic E-state index is 0.241. The summed E-state index contributed by atoms with van der Waals surface area (Å²) in [6.07, 6.45) is 12.2. The number of likely N-dealkylation sites (N-methyl/N-ethyl adjacent to an activating group) is 1. The zero-order valence-electron chi connectivity index (χ0n) is 25.0. The van der Waals surface area contributed by atoms with Gasteiger partial charge in [0.05, 0.1) is 11.8 Å². The van der Waals surface area contributed by atoms with Crippen LogP contribution in [0.2, 0.25) is 5.02 Å². The molecule has 1 aliphatic carbocycles. The maximum absolute atomic E-state index is 6.50. The number of benzene rings is 1. The highest BCUT2D eigenvalue weighted by Gasteiger charge is 2.28. The topological polar surface area (TPSA) is 30.9 Å². The first kappa shape index (κ1) is 30.8. The molecule has 1 aliphatic heterocycles. The lowest BCUT2D eigenvalue weighted by Gasteiger charge is -2.39. The average Bonchev–Trinajstić information content (AvgIpc) is 3.76. The van der Waals surface area contributed by atoms with E-state index < -0.39 is 0 Å². The van der Waals surface area contributed by atoms with Crippen molar-refractivity contribution in [3.05, 3.63) is 88.8 Å². The number of nitrogens with zero attached hydrogens (tertiary/aromatic N) is 3. The summed E-state index contributed by atoms with van der Waals surface area (Å²) in [5, 5.41) is 4.27. The monoisotopic (exact) mass is 548 g/mol. The van der Waals surface area contributed by atoms with E-state index in [1.807, 2.05) is 13.1 Å². The summed E-state index contributed by atoms with van der Waals surface area (Å²) < 4.78 is 0. The van der Waals surface area contributed by atoms with Gasteiger partial charge in [0.15, 0.2) is 0 Å². The van der Waals surface area contributed by atoms with E-state index in [4.69, 9.17) is 11.6 Å². The maximum atomic E-state index is 6.50. The van der Waals surface area contributed by atoms with Crippen LogP contribution in [0, 0.1) is 5.92 Å². The molecule has 39 heavy (non-hydrogen) atoms. The van der Waals surface area contributed by atoms with Crippen molar-refractivity contribution in [1.29, 1.82) is 0 Å². The van der Waals surface area contributed by atoms with Crippen molar-refractivity contribution in [2.24, 2.45) is 10.9 Å². The molecule has 0 spiro atoms. The maximum Gasteiger partial charge on any atom is 0.0709 e. The number of halogens is 1. The Balaban J connectivity index is 1.60. The van der Waals surface area contributed by atoms with Crippen LogP contribution < -0.4 is 5.32 Å². The van der Waals surface area contributed by atoms with E-state index in [9.17, 15) is 0 Å². The van der Waals surface area contributed by atoms with Crippen LogP contribution in [-0.4, -0.2) is 55.3 Å². The molecule has 1 heterocycles. The highest BCUT2D eigenvalue weighted by molar-refractivity contribution is 6.30. The van der Waals surface area contributed by atoms with Gasteiger partial charge in [0, 0.05) is 61.4 Å². The van der Waals surface area contributed by atoms with E-state index in [0.717, 1.165) is 73.0 Å². The Kier molecular flexibility index (Phi) is 11.5. The fraction of sp³-hybridized carbons (Fsp3) is 0.500. The molecule has 3 rings (SSSR count). The summed E-state index contributed by atoms with van der Waals surface area (Å²) in [7, 11) is 4.04. The zero-order valence-corrected chi connectivity index (χ0v) is 25.7. The Morgan fingerprint density at radius 1 is 1.13 bits per heavy atom. The zero-order chi connectivity index (χ0) is 28.5. The molecule has 2 aliphatic rings. The molecule has 1 N–H and O–H groups in total. The van der Waals surface area contributed by atoms with Gasteiger partial charge in [-0.05, 0) is 101 Å². The fourth-order valence-corrected chi connectivity index (χ4v) is 5.43. The Morgan fingerprint density at radius 3 is 2.54 bits per heavy atom. The lowest BCUT2D eigenvalue weighted by molar-refractivity contribution is 0.283. The van der Waals surface area contributed by atoms with Crippen LogP contribution in [0.4, 0.5) is 0 Å². The Labute approximate surface area is 242 Å². The number of hydrogen-bond donors (Lipinski definition) is 1. The van der Waals surface area contributed by atoms with Crippen molar-refractivity contribution in [2.75, 3.05) is 33.7 Å². The van der Waals surface area contributed by atoms with E-state index in [0.29, 0.717) is 5.92 Å². The molecule has 4 nitrogen and oxygen atoms in total. The van der Waals surface area contributed by atoms with E-state index in [-0.39, 0.29) is 6.04 Å². The molecular weight excluding hydrogens is 500 g/mol. The number of allylic oxidation sites excluding steroid dienone is 5. The van der Waals surface area contributed by atoms with Crippen LogP contribution in [0.5, 0.6) is 0 Å². The highest BCUT2D eigenvalue weighted by atomic mass is 35.5. The molecular formula is C34H49ClN4. The van der Waals surface area contributed by atoms with Gasteiger partial charge in [-0.2, -0.15) is 0 Å². The van der Waals surface area contributed by atoms with Gasteiger partial charge >= 0.3 is 0 Å². The summed E-state index contributed by atoms with van der Waals surface area (Å²) in [5.41, 5.74) is 9.40. The largest absolute Gasteiger partial charge is 0.387 e. The number of rotatable bonds is 14. The lowest BCUT2D eigenvalue weighted by atomic mass is 9.93. The predicted molar refractivity (Wildman–Crippen MR) is 171 cm³/mol. The Hall–Kier alpha value is -2.72. The summed E-state index contributed by atoms with van der Waals surface area (Å²) in [6.45, 7) is 22.3. The van der Waals surface area contributed by atoms with Crippen molar-refractivity contribution in [3.8, 4) is 0 Å². The van der Waals surface area contributed by atoms with Crippen molar-refractivity contribution < 1.29 is 0 Å². The first-order chi connectivity index (χ1) is 18.6. The Morgan fingerprint density at radius 2 is 1.87 bits per heavy atom. The average molecular weight is 549 g/mol. The van der Waals surface area contributed by atoms with Crippen LogP contribution in [0.25, 0.3) is 5.70 Å². The predicted octanol–water partition coefficient (Wildman–Crippen LogP) is 8.04. The molecule has 1 saturated heterocycles. The summed E-state index contributed by atoms with van der Waals surface area (Å²) >= 11 is 6.50. The van der Waals surface area contributed by atoms with Crippen LogP contribution >= 0.6 is 11.6 Å². The van der Waals surface area contributed by atoms with Gasteiger partial charge in [-0.25, -0.2) is 0 Å². The number of aryl methyl sites for hydroxylation is 1. The van der Waals surface area contributed by atoms with Gasteiger partial charge in [-0.1, -0.05) is 48.6 Å². The summed E-state index contributed by atoms with van der Waals surface area (Å²) in [4.78, 5) is 9.38. The molecule has 2 fully saturated rings. The minimum atomic E-state index is 0.241. The fourth-order valence-electron chi connectivity index (χ4n) is 5.26. The molecule has 0 bridgehead atoms. The Bertz CT molecular complexity index is 1130. The highest BCUT2D eigenvalue weighted by Crippen LogP contribution is 2.36. The second-order valence-electron chi connectivity index (χ2n) is 11.4. The molecule has 0 radical (unpaired) electrons. The number of piperidine rings is 1. The third-order valence-corrected chi connectivity index (χ3v) is 8.12. The molecule has 1 saturated carbocycles. The second-order valence-corrected chi connectivity index (χ2v) is 11.8. The SMILES string of the molecule is C=C(CCc1ccc(Cl)cc1C(=C)N1CCCCC1C(C=C(C)C)=NC)NCCN(C)/C(C)=C/C(=C)C1CC1. The first-order valence-corrected chi connectivity index (χ1v) is 14.8. The number of likely N-dealkylation sites (tertiary alicyclic amines) is 1. The van der Waals surface area contributed by atoms with Gasteiger partial charge in [0.1, 0.15) is 0 Å². The molecule has 212 valence electrons. The van der Waals surface area contributed by atoms with Crippen molar-refractivity contribution in [2.45, 2.75) is 71.8 Å². The minimum Gasteiger partial charge on any atom is -0.387 e. The van der Waals surface area contributed by atoms with Gasteiger partial charge in [0.2, 0.25) is 0 Å². The van der Waals surface area contributed by atoms with Crippen molar-refractivity contribution >= 4 is 23.0 Å². The van der Waals surface area contributed by atoms with E-state index in [1.54, 1.807) is 0 Å². The van der Waals surface area contributed by atoms with Gasteiger partial charge in [-0.15, -0.1) is 0 Å². The third-order valence-electron chi connectivity index (χ3n) is 7.88. The summed E-state index contributed by atoms with van der Waals surface area (Å²) in [5.74, 6) is 0.708. The number of nitrogens with one attached hydrogen (secondary N) is 1. The third kappa shape index (κ3) is 9.17. The van der Waals surface area contributed by atoms with E-state index in [1.165, 1.54) is 41.7 Å². The van der Waals surface area contributed by atoms with Crippen molar-refractivity contribution in [1.82, 2.24) is 15.1 Å². The molecule has 1 aromatic rings. The van der Waals surface area contributed by atoms with Crippen LogP contribution in [-0.2, 0) is 6.42 Å². The first-order valence-electron chi connectivity index (χ1n) is 14.5. The van der Waals surface area contributed by atoms with Crippen molar-refractivity contribution in [3.63, 3.8) is 0 Å². The van der Waals surface area contributed by atoms with Crippen LogP contribution in [0.15, 0.2) is 77.6 Å². The van der Waals surface area contributed by atoms with Crippen LogP contribution in [0.1, 0.15) is 70.4 Å². The number of hydrogen-bond acceptors (Lipinski definition) is 4. The molecule has 1 aromatic carbocycles. The normalized spacial score (nSPS) is 18.0. The molecule has 0 amide bonds. The molecule has 1 unspecified atom stereocenters. The van der Waals surface area contributed by atoms with Gasteiger partial charge in [-0.3, -0.25) is 4.99 Å². The van der Waals surface area contributed by atoms with E-state index in [2.05, 4.69) is 91.9 Å². The molecule has 5 heteroatoms. The summed E-state index contributed by atoms with van der Waals surface area (Å²) in [6, 6.07) is 6.45. The molecule has 1 atom stereocenters. The number of aliphatic imine (C=N–C) groups is 1. The van der Waals surface area contributed by atoms with Gasteiger partial charge < -0.3 is 15.1 Å². The van der Waals surface area contributed by atoms with Gasteiger partial charge in [0.25, 0.3) is 0 Å². The standard InChI is InChI=1S/C34H49ClN4/c1-24(2)21-33(36-7)34-11-9-10-19-39(34)28(6)32-23-31(35)17-16-30(32)13-12-26(4)37-18-20-38(8)27(5)22-25(3)29-14-15-29/h16-17,21-23,29,34,37H,3-4,6,9-15,18-20H2,1-2,5,7-8H3/b27-22+,36-33?. The lowest BCUT2D eigenvalue weighted by Crippen LogP contribution is -2.43. The smallest absolute Gasteiger partial charge is 0.0709 e. The van der Waals surface area contributed by atoms with Crippen LogP contribution in [0.3, 0.4) is 0 Å².